The van der Waals surface area contributed by atoms with E-state index < -0.39 is 0 Å². The number of aromatic nitrogens is 3. The van der Waals surface area contributed by atoms with Crippen molar-refractivity contribution in [3.8, 4) is 45.3 Å². The van der Waals surface area contributed by atoms with Crippen LogP contribution in [0.15, 0.2) is 168 Å². The molecular weight excluding hydrogens is 599 g/mol. The van der Waals surface area contributed by atoms with Crippen LogP contribution in [0.25, 0.3) is 99.5 Å². The molecule has 0 atom stereocenters. The number of hydrogen-bond donors (Lipinski definition) is 0. The van der Waals surface area contributed by atoms with Gasteiger partial charge < -0.3 is 4.42 Å². The topological polar surface area (TPSA) is 51.8 Å². The molecule has 0 amide bonds. The van der Waals surface area contributed by atoms with Crippen molar-refractivity contribution >= 4 is 54.3 Å². The van der Waals surface area contributed by atoms with E-state index in [4.69, 9.17) is 19.4 Å². The van der Waals surface area contributed by atoms with E-state index in [0.29, 0.717) is 17.5 Å². The van der Waals surface area contributed by atoms with Crippen LogP contribution >= 0.6 is 0 Å². The summed E-state index contributed by atoms with van der Waals surface area (Å²) in [6.45, 7) is 0. The summed E-state index contributed by atoms with van der Waals surface area (Å²) < 4.78 is 6.46. The van der Waals surface area contributed by atoms with Crippen molar-refractivity contribution < 1.29 is 4.42 Å². The molecule has 49 heavy (non-hydrogen) atoms. The standard InChI is InChI=1S/C45H27N3O/c1-4-12-28(13-5-1)31-21-24-39-38(26-31)42-40(49-39)25-23-36-34-22-20-32(27-37(34)33-18-10-11-19-35(33)41(36)42)45-47-43(29-14-6-2-7-15-29)46-44(48-45)30-16-8-3-9-17-30/h1-27H. The molecule has 0 radical (unpaired) electrons. The predicted molar refractivity (Wildman–Crippen MR) is 201 cm³/mol. The largest absolute Gasteiger partial charge is 0.456 e. The zero-order chi connectivity index (χ0) is 32.3. The Morgan fingerprint density at radius 2 is 0.755 bits per heavy atom. The second-order valence-corrected chi connectivity index (χ2v) is 12.4. The van der Waals surface area contributed by atoms with Gasteiger partial charge in [0.05, 0.1) is 0 Å². The maximum Gasteiger partial charge on any atom is 0.164 e. The molecule has 0 fully saturated rings. The minimum atomic E-state index is 0.642. The molecule has 8 aromatic carbocycles. The van der Waals surface area contributed by atoms with Crippen molar-refractivity contribution in [2.75, 3.05) is 0 Å². The average Bonchev–Trinajstić information content (AvgIpc) is 3.57. The molecule has 0 aliphatic rings. The molecular formula is C45H27N3O. The van der Waals surface area contributed by atoms with Crippen molar-refractivity contribution in [1.29, 1.82) is 0 Å². The van der Waals surface area contributed by atoms with E-state index in [9.17, 15) is 0 Å². The molecule has 2 heterocycles. The molecule has 0 unspecified atom stereocenters. The Bertz CT molecular complexity index is 2780. The fraction of sp³-hybridized carbons (Fsp3) is 0. The van der Waals surface area contributed by atoms with Gasteiger partial charge in [0.25, 0.3) is 0 Å². The first kappa shape index (κ1) is 27.5. The van der Waals surface area contributed by atoms with E-state index in [2.05, 4.69) is 103 Å². The monoisotopic (exact) mass is 625 g/mol. The van der Waals surface area contributed by atoms with Gasteiger partial charge in [0.2, 0.25) is 0 Å². The third-order valence-corrected chi connectivity index (χ3v) is 9.50. The van der Waals surface area contributed by atoms with Crippen LogP contribution in [-0.2, 0) is 0 Å². The highest BCUT2D eigenvalue weighted by Gasteiger charge is 2.18. The van der Waals surface area contributed by atoms with E-state index in [1.807, 2.05) is 60.7 Å². The van der Waals surface area contributed by atoms with E-state index in [-0.39, 0.29) is 0 Å². The lowest BCUT2D eigenvalue weighted by molar-refractivity contribution is 0.669. The number of hydrogen-bond acceptors (Lipinski definition) is 4. The fourth-order valence-corrected chi connectivity index (χ4v) is 7.20. The molecule has 0 bridgehead atoms. The molecule has 2 aromatic heterocycles. The highest BCUT2D eigenvalue weighted by molar-refractivity contribution is 6.34. The van der Waals surface area contributed by atoms with Crippen LogP contribution in [0.5, 0.6) is 0 Å². The van der Waals surface area contributed by atoms with Crippen LogP contribution in [0, 0.1) is 0 Å². The molecule has 228 valence electrons. The molecule has 0 aliphatic carbocycles. The minimum Gasteiger partial charge on any atom is -0.456 e. The maximum absolute atomic E-state index is 6.46. The molecule has 4 nitrogen and oxygen atoms in total. The normalized spacial score (nSPS) is 11.7. The smallest absolute Gasteiger partial charge is 0.164 e. The van der Waals surface area contributed by atoms with Gasteiger partial charge in [-0.25, -0.2) is 15.0 Å². The van der Waals surface area contributed by atoms with E-state index >= 15 is 0 Å². The van der Waals surface area contributed by atoms with Gasteiger partial charge in [-0.3, -0.25) is 0 Å². The van der Waals surface area contributed by atoms with E-state index in [0.717, 1.165) is 44.0 Å². The van der Waals surface area contributed by atoms with Crippen LogP contribution in [-0.4, -0.2) is 15.0 Å². The second-order valence-electron chi connectivity index (χ2n) is 12.4. The van der Waals surface area contributed by atoms with E-state index in [1.165, 1.54) is 38.1 Å². The molecule has 0 saturated carbocycles. The fourth-order valence-electron chi connectivity index (χ4n) is 7.20. The lowest BCUT2D eigenvalue weighted by Gasteiger charge is -2.13. The Kier molecular flexibility index (Phi) is 6.15. The summed E-state index contributed by atoms with van der Waals surface area (Å²) in [6.07, 6.45) is 0. The average molecular weight is 626 g/mol. The first-order chi connectivity index (χ1) is 24.3. The molecule has 0 saturated heterocycles. The van der Waals surface area contributed by atoms with Gasteiger partial charge in [0.15, 0.2) is 17.5 Å². The summed E-state index contributed by atoms with van der Waals surface area (Å²) in [5, 5.41) is 9.34. The van der Waals surface area contributed by atoms with Crippen LogP contribution in [0.1, 0.15) is 0 Å². The van der Waals surface area contributed by atoms with Gasteiger partial charge in [-0.05, 0) is 68.4 Å². The van der Waals surface area contributed by atoms with Gasteiger partial charge in [-0.15, -0.1) is 0 Å². The van der Waals surface area contributed by atoms with Crippen LogP contribution < -0.4 is 0 Å². The zero-order valence-corrected chi connectivity index (χ0v) is 26.3. The molecule has 4 heteroatoms. The van der Waals surface area contributed by atoms with Crippen LogP contribution in [0.2, 0.25) is 0 Å². The predicted octanol–water partition coefficient (Wildman–Crippen LogP) is 11.9. The zero-order valence-electron chi connectivity index (χ0n) is 26.3. The van der Waals surface area contributed by atoms with Crippen LogP contribution in [0.3, 0.4) is 0 Å². The Labute approximate surface area is 282 Å². The summed E-state index contributed by atoms with van der Waals surface area (Å²) in [7, 11) is 0. The third-order valence-electron chi connectivity index (χ3n) is 9.50. The van der Waals surface area contributed by atoms with Gasteiger partial charge in [-0.2, -0.15) is 0 Å². The Morgan fingerprint density at radius 3 is 1.43 bits per heavy atom. The van der Waals surface area contributed by atoms with E-state index in [1.54, 1.807) is 0 Å². The van der Waals surface area contributed by atoms with Crippen LogP contribution in [0.4, 0.5) is 0 Å². The quantitative estimate of drug-likeness (QED) is 0.183. The molecule has 10 rings (SSSR count). The summed E-state index contributed by atoms with van der Waals surface area (Å²) in [6, 6.07) is 56.8. The Hall–Kier alpha value is -6.65. The maximum atomic E-state index is 6.46. The van der Waals surface area contributed by atoms with Crippen molar-refractivity contribution in [2.45, 2.75) is 0 Å². The molecule has 0 spiro atoms. The minimum absolute atomic E-state index is 0.642. The van der Waals surface area contributed by atoms with Gasteiger partial charge in [-0.1, -0.05) is 133 Å². The summed E-state index contributed by atoms with van der Waals surface area (Å²) in [5.41, 5.74) is 6.98. The van der Waals surface area contributed by atoms with Crippen molar-refractivity contribution in [3.63, 3.8) is 0 Å². The second kappa shape index (κ2) is 11.0. The molecule has 0 N–H and O–H groups in total. The molecule has 10 aromatic rings. The van der Waals surface area contributed by atoms with Crippen molar-refractivity contribution in [2.24, 2.45) is 0 Å². The first-order valence-corrected chi connectivity index (χ1v) is 16.4. The number of nitrogens with zero attached hydrogens (tertiary/aromatic N) is 3. The van der Waals surface area contributed by atoms with Crippen molar-refractivity contribution in [3.05, 3.63) is 164 Å². The lowest BCUT2D eigenvalue weighted by atomic mass is 9.90. The first-order valence-electron chi connectivity index (χ1n) is 16.4. The summed E-state index contributed by atoms with van der Waals surface area (Å²) in [4.78, 5) is 14.9. The Balaban J connectivity index is 1.23. The highest BCUT2D eigenvalue weighted by atomic mass is 16.3. The van der Waals surface area contributed by atoms with Gasteiger partial charge in [0.1, 0.15) is 11.2 Å². The summed E-state index contributed by atoms with van der Waals surface area (Å²) >= 11 is 0. The number of benzene rings is 8. The number of fused-ring (bicyclic) bond motifs is 10. The molecule has 0 aliphatic heterocycles. The Morgan fingerprint density at radius 1 is 0.286 bits per heavy atom. The van der Waals surface area contributed by atoms with Crippen molar-refractivity contribution in [1.82, 2.24) is 15.0 Å². The summed E-state index contributed by atoms with van der Waals surface area (Å²) in [5.74, 6) is 1.94. The highest BCUT2D eigenvalue weighted by Crippen LogP contribution is 2.44. The number of rotatable bonds is 4. The third kappa shape index (κ3) is 4.49. The van der Waals surface area contributed by atoms with Gasteiger partial charge >= 0.3 is 0 Å². The SMILES string of the molecule is c1ccc(-c2ccc3oc4ccc5c6ccc(-c7nc(-c8ccccc8)nc(-c8ccccc8)n7)cc6c6ccccc6c5c4c3c2)cc1. The van der Waals surface area contributed by atoms with Gasteiger partial charge in [0, 0.05) is 32.8 Å². The number of furan rings is 1. The lowest BCUT2D eigenvalue weighted by Crippen LogP contribution is -2.00.